The lowest BCUT2D eigenvalue weighted by molar-refractivity contribution is 0.125. The molecule has 2 N–H and O–H groups in total. The Morgan fingerprint density at radius 1 is 1.30 bits per heavy atom. The Kier molecular flexibility index (Phi) is 4.58. The Labute approximate surface area is 137 Å². The van der Waals surface area contributed by atoms with E-state index < -0.39 is 0 Å². The molecule has 0 aliphatic rings. The van der Waals surface area contributed by atoms with E-state index in [1.807, 2.05) is 47.8 Å². The smallest absolute Gasteiger partial charge is 0.177 e. The van der Waals surface area contributed by atoms with Crippen LogP contribution in [0.5, 0.6) is 5.75 Å². The van der Waals surface area contributed by atoms with Gasteiger partial charge in [0.15, 0.2) is 18.2 Å². The van der Waals surface area contributed by atoms with E-state index in [-0.39, 0.29) is 12.4 Å². The van der Waals surface area contributed by atoms with Crippen molar-refractivity contribution in [1.82, 2.24) is 5.16 Å². The van der Waals surface area contributed by atoms with Crippen LogP contribution in [0.25, 0.3) is 10.6 Å². The first-order valence-corrected chi connectivity index (χ1v) is 7.73. The molecule has 0 bridgehead atoms. The molecule has 6 nitrogen and oxygen atoms in total. The van der Waals surface area contributed by atoms with Gasteiger partial charge in [-0.15, -0.1) is 11.3 Å². The minimum absolute atomic E-state index is 0.186. The molecule has 118 valence electrons. The number of rotatable bonds is 6. The van der Waals surface area contributed by atoms with Gasteiger partial charge in [-0.2, -0.15) is 0 Å². The molecule has 0 amide bonds. The molecule has 0 atom stereocenters. The molecule has 0 aliphatic carbocycles. The SMILES string of the molecule is COc1ccc(/C(N)=N/OCc2cc(-c3cccs3)on2)cc1. The van der Waals surface area contributed by atoms with Gasteiger partial charge in [0.25, 0.3) is 0 Å². The van der Waals surface area contributed by atoms with E-state index in [0.29, 0.717) is 11.5 Å². The Bertz CT molecular complexity index is 779. The zero-order chi connectivity index (χ0) is 16.1. The van der Waals surface area contributed by atoms with Crippen LogP contribution in [0, 0.1) is 0 Å². The normalized spacial score (nSPS) is 11.4. The van der Waals surface area contributed by atoms with Crippen molar-refractivity contribution in [3.8, 4) is 16.4 Å². The second kappa shape index (κ2) is 6.97. The molecule has 0 spiro atoms. The third-order valence-electron chi connectivity index (χ3n) is 3.08. The van der Waals surface area contributed by atoms with Gasteiger partial charge in [-0.3, -0.25) is 0 Å². The molecule has 0 radical (unpaired) electrons. The number of benzene rings is 1. The van der Waals surface area contributed by atoms with E-state index in [1.54, 1.807) is 18.4 Å². The second-order valence-electron chi connectivity index (χ2n) is 4.64. The Balaban J connectivity index is 1.59. The summed E-state index contributed by atoms with van der Waals surface area (Å²) in [5.41, 5.74) is 7.28. The molecular formula is C16H15N3O3S. The third kappa shape index (κ3) is 3.70. The third-order valence-corrected chi connectivity index (χ3v) is 3.97. The standard InChI is InChI=1S/C16H15N3O3S/c1-20-13-6-4-11(5-7-13)16(17)19-21-10-12-9-14(22-18-12)15-3-2-8-23-15/h2-9H,10H2,1H3,(H2,17,19). The van der Waals surface area contributed by atoms with E-state index in [9.17, 15) is 0 Å². The average Bonchev–Trinajstić information content (AvgIpc) is 3.26. The highest BCUT2D eigenvalue weighted by Crippen LogP contribution is 2.25. The summed E-state index contributed by atoms with van der Waals surface area (Å²) in [6, 6.07) is 13.0. The summed E-state index contributed by atoms with van der Waals surface area (Å²) in [6.07, 6.45) is 0. The summed E-state index contributed by atoms with van der Waals surface area (Å²) in [5.74, 6) is 1.76. The predicted molar refractivity (Wildman–Crippen MR) is 88.3 cm³/mol. The highest BCUT2D eigenvalue weighted by Gasteiger charge is 2.08. The van der Waals surface area contributed by atoms with Gasteiger partial charge in [-0.25, -0.2) is 0 Å². The molecule has 0 saturated heterocycles. The highest BCUT2D eigenvalue weighted by atomic mass is 32.1. The average molecular weight is 329 g/mol. The maximum absolute atomic E-state index is 5.88. The maximum atomic E-state index is 5.88. The molecular weight excluding hydrogens is 314 g/mol. The van der Waals surface area contributed by atoms with Gasteiger partial charge in [-0.05, 0) is 35.7 Å². The minimum Gasteiger partial charge on any atom is -0.497 e. The molecule has 0 aliphatic heterocycles. The monoisotopic (exact) mass is 329 g/mol. The first kappa shape index (κ1) is 15.1. The lowest BCUT2D eigenvalue weighted by atomic mass is 10.2. The quantitative estimate of drug-likeness (QED) is 0.426. The minimum atomic E-state index is 0.186. The van der Waals surface area contributed by atoms with Crippen LogP contribution < -0.4 is 10.5 Å². The Morgan fingerprint density at radius 3 is 2.83 bits per heavy atom. The number of hydrogen-bond donors (Lipinski definition) is 1. The van der Waals surface area contributed by atoms with Crippen LogP contribution in [0.15, 0.2) is 57.5 Å². The molecule has 3 aromatic rings. The summed E-state index contributed by atoms with van der Waals surface area (Å²) in [7, 11) is 1.61. The van der Waals surface area contributed by atoms with E-state index in [2.05, 4.69) is 10.3 Å². The van der Waals surface area contributed by atoms with Crippen LogP contribution in [0.3, 0.4) is 0 Å². The summed E-state index contributed by atoms with van der Waals surface area (Å²) >= 11 is 1.59. The first-order chi connectivity index (χ1) is 11.3. The van der Waals surface area contributed by atoms with Crippen molar-refractivity contribution in [2.45, 2.75) is 6.61 Å². The number of methoxy groups -OCH3 is 1. The van der Waals surface area contributed by atoms with E-state index >= 15 is 0 Å². The molecule has 0 saturated carbocycles. The molecule has 2 heterocycles. The fraction of sp³-hybridized carbons (Fsp3) is 0.125. The molecule has 1 aromatic carbocycles. The number of nitrogens with zero attached hydrogens (tertiary/aromatic N) is 2. The first-order valence-electron chi connectivity index (χ1n) is 6.85. The van der Waals surface area contributed by atoms with Gasteiger partial charge < -0.3 is 19.8 Å². The number of amidine groups is 1. The maximum Gasteiger partial charge on any atom is 0.177 e. The molecule has 0 unspecified atom stereocenters. The molecule has 0 fully saturated rings. The van der Waals surface area contributed by atoms with Crippen LogP contribution in [-0.4, -0.2) is 18.1 Å². The number of nitrogens with two attached hydrogens (primary N) is 1. The van der Waals surface area contributed by atoms with E-state index in [4.69, 9.17) is 19.8 Å². The number of aromatic nitrogens is 1. The summed E-state index contributed by atoms with van der Waals surface area (Å²) in [5, 5.41) is 9.82. The number of thiophene rings is 1. The van der Waals surface area contributed by atoms with Gasteiger partial charge >= 0.3 is 0 Å². The van der Waals surface area contributed by atoms with Crippen molar-refractivity contribution in [3.05, 3.63) is 59.1 Å². The molecule has 2 aromatic heterocycles. The van der Waals surface area contributed by atoms with E-state index in [1.165, 1.54) is 0 Å². The molecule has 23 heavy (non-hydrogen) atoms. The second-order valence-corrected chi connectivity index (χ2v) is 5.59. The van der Waals surface area contributed by atoms with E-state index in [0.717, 1.165) is 16.2 Å². The summed E-state index contributed by atoms with van der Waals surface area (Å²) < 4.78 is 10.4. The van der Waals surface area contributed by atoms with Gasteiger partial charge in [0.2, 0.25) is 0 Å². The van der Waals surface area contributed by atoms with Crippen molar-refractivity contribution in [2.24, 2.45) is 10.9 Å². The summed E-state index contributed by atoms with van der Waals surface area (Å²) in [6.45, 7) is 0.186. The molecule has 3 rings (SSSR count). The van der Waals surface area contributed by atoms with Crippen molar-refractivity contribution < 1.29 is 14.1 Å². The largest absolute Gasteiger partial charge is 0.497 e. The van der Waals surface area contributed by atoms with Crippen LogP contribution in [0.4, 0.5) is 0 Å². The topological polar surface area (TPSA) is 82.9 Å². The predicted octanol–water partition coefficient (Wildman–Crippen LogP) is 3.25. The zero-order valence-electron chi connectivity index (χ0n) is 12.4. The number of oxime groups is 1. The lowest BCUT2D eigenvalue weighted by Gasteiger charge is -2.02. The van der Waals surface area contributed by atoms with Crippen LogP contribution >= 0.6 is 11.3 Å². The van der Waals surface area contributed by atoms with Crippen molar-refractivity contribution in [1.29, 1.82) is 0 Å². The van der Waals surface area contributed by atoms with Crippen LogP contribution in [0.2, 0.25) is 0 Å². The van der Waals surface area contributed by atoms with Crippen molar-refractivity contribution >= 4 is 17.2 Å². The van der Waals surface area contributed by atoms with Crippen molar-refractivity contribution in [2.75, 3.05) is 7.11 Å². The zero-order valence-corrected chi connectivity index (χ0v) is 13.2. The van der Waals surface area contributed by atoms with Crippen LogP contribution in [0.1, 0.15) is 11.3 Å². The van der Waals surface area contributed by atoms with Crippen LogP contribution in [-0.2, 0) is 11.4 Å². The fourth-order valence-corrected chi connectivity index (χ4v) is 2.57. The van der Waals surface area contributed by atoms with Crippen molar-refractivity contribution in [3.63, 3.8) is 0 Å². The highest BCUT2D eigenvalue weighted by molar-refractivity contribution is 7.13. The van der Waals surface area contributed by atoms with Gasteiger partial charge in [0, 0.05) is 11.6 Å². The number of hydrogen-bond acceptors (Lipinski definition) is 6. The number of ether oxygens (including phenoxy) is 1. The molecule has 7 heteroatoms. The van der Waals surface area contributed by atoms with Gasteiger partial charge in [-0.1, -0.05) is 16.4 Å². The fourth-order valence-electron chi connectivity index (χ4n) is 1.90. The lowest BCUT2D eigenvalue weighted by Crippen LogP contribution is -2.13. The van der Waals surface area contributed by atoms with Gasteiger partial charge in [0.1, 0.15) is 11.4 Å². The summed E-state index contributed by atoms with van der Waals surface area (Å²) in [4.78, 5) is 6.25. The Morgan fingerprint density at radius 2 is 2.13 bits per heavy atom. The van der Waals surface area contributed by atoms with Gasteiger partial charge in [0.05, 0.1) is 12.0 Å². The Hall–Kier alpha value is -2.80.